The molecule has 1 heterocycles. The second-order valence-electron chi connectivity index (χ2n) is 12.9. The molecule has 0 radical (unpaired) electrons. The van der Waals surface area contributed by atoms with Crippen molar-refractivity contribution in [3.8, 4) is 22.3 Å². The molecular formula is C48H31NO. The molecule has 0 spiro atoms. The molecule has 0 saturated heterocycles. The zero-order chi connectivity index (χ0) is 33.0. The molecule has 0 atom stereocenters. The molecule has 0 aliphatic rings. The number of rotatable bonds is 5. The smallest absolute Gasteiger partial charge is 0.136 e. The molecule has 10 aromatic rings. The molecular weight excluding hydrogens is 607 g/mol. The summed E-state index contributed by atoms with van der Waals surface area (Å²) in [6, 6.07) is 67.6. The van der Waals surface area contributed by atoms with Gasteiger partial charge in [0.05, 0.1) is 5.69 Å². The fraction of sp³-hybridized carbons (Fsp3) is 0. The SMILES string of the molecule is c1ccc(N(c2ccc(-c3cccc4ccccc34)cc2)c2ccc3ccccc3c2)c(-c2cccc3oc4cc5ccccc5cc4c23)c1. The second-order valence-corrected chi connectivity index (χ2v) is 12.9. The molecule has 0 amide bonds. The van der Waals surface area contributed by atoms with E-state index in [1.807, 2.05) is 0 Å². The molecule has 234 valence electrons. The van der Waals surface area contributed by atoms with Crippen molar-refractivity contribution in [2.75, 3.05) is 4.90 Å². The fourth-order valence-corrected chi connectivity index (χ4v) is 7.64. The molecule has 0 saturated carbocycles. The highest BCUT2D eigenvalue weighted by molar-refractivity contribution is 6.16. The zero-order valence-electron chi connectivity index (χ0n) is 27.3. The maximum Gasteiger partial charge on any atom is 0.136 e. The highest BCUT2D eigenvalue weighted by Gasteiger charge is 2.21. The van der Waals surface area contributed by atoms with Gasteiger partial charge in [-0.15, -0.1) is 0 Å². The maximum atomic E-state index is 6.51. The molecule has 9 aromatic carbocycles. The van der Waals surface area contributed by atoms with Crippen LogP contribution in [0.4, 0.5) is 17.1 Å². The number of nitrogens with zero attached hydrogens (tertiary/aromatic N) is 1. The van der Waals surface area contributed by atoms with Gasteiger partial charge >= 0.3 is 0 Å². The van der Waals surface area contributed by atoms with Gasteiger partial charge in [-0.3, -0.25) is 0 Å². The summed E-state index contributed by atoms with van der Waals surface area (Å²) < 4.78 is 6.51. The van der Waals surface area contributed by atoms with E-state index in [4.69, 9.17) is 4.42 Å². The third kappa shape index (κ3) is 4.65. The van der Waals surface area contributed by atoms with E-state index >= 15 is 0 Å². The first-order valence-electron chi connectivity index (χ1n) is 17.1. The Labute approximate surface area is 290 Å². The van der Waals surface area contributed by atoms with Crippen LogP contribution in [0.5, 0.6) is 0 Å². The second kappa shape index (κ2) is 11.5. The Morgan fingerprint density at radius 1 is 0.340 bits per heavy atom. The van der Waals surface area contributed by atoms with Crippen molar-refractivity contribution in [3.63, 3.8) is 0 Å². The Morgan fingerprint density at radius 3 is 1.78 bits per heavy atom. The lowest BCUT2D eigenvalue weighted by molar-refractivity contribution is 0.669. The van der Waals surface area contributed by atoms with Gasteiger partial charge in [0.15, 0.2) is 0 Å². The normalized spacial score (nSPS) is 11.6. The zero-order valence-corrected chi connectivity index (χ0v) is 27.3. The van der Waals surface area contributed by atoms with Gasteiger partial charge in [-0.05, 0) is 97.5 Å². The summed E-state index contributed by atoms with van der Waals surface area (Å²) >= 11 is 0. The quantitative estimate of drug-likeness (QED) is 0.187. The van der Waals surface area contributed by atoms with E-state index in [0.29, 0.717) is 0 Å². The molecule has 10 rings (SSSR count). The molecule has 0 aliphatic carbocycles. The van der Waals surface area contributed by atoms with Crippen molar-refractivity contribution in [1.82, 2.24) is 0 Å². The molecule has 0 unspecified atom stereocenters. The van der Waals surface area contributed by atoms with Crippen LogP contribution in [-0.4, -0.2) is 0 Å². The minimum Gasteiger partial charge on any atom is -0.456 e. The molecule has 50 heavy (non-hydrogen) atoms. The topological polar surface area (TPSA) is 16.4 Å². The average Bonchev–Trinajstić information content (AvgIpc) is 3.55. The first kappa shape index (κ1) is 28.4. The van der Waals surface area contributed by atoms with Crippen molar-refractivity contribution >= 4 is 71.3 Å². The first-order valence-corrected chi connectivity index (χ1v) is 17.1. The van der Waals surface area contributed by atoms with E-state index < -0.39 is 0 Å². The Kier molecular flexibility index (Phi) is 6.53. The number of benzene rings is 9. The van der Waals surface area contributed by atoms with Crippen LogP contribution < -0.4 is 4.90 Å². The summed E-state index contributed by atoms with van der Waals surface area (Å²) in [4.78, 5) is 2.39. The summed E-state index contributed by atoms with van der Waals surface area (Å²) in [5, 5.41) is 9.56. The third-order valence-corrected chi connectivity index (χ3v) is 10.0. The summed E-state index contributed by atoms with van der Waals surface area (Å²) in [5.74, 6) is 0. The highest BCUT2D eigenvalue weighted by atomic mass is 16.3. The Hall–Kier alpha value is -6.64. The standard InChI is InChI=1S/C48H31NO/c1-2-13-35-29-39(28-23-32(35)11-1)49(38-26-24-34(25-27-38)41-19-9-16-33-12-5-6-17-40(33)41)45-21-8-7-18-42(45)43-20-10-22-46-48(43)44-30-36-14-3-4-15-37(36)31-47(44)50-46/h1-31H. The summed E-state index contributed by atoms with van der Waals surface area (Å²) in [5.41, 5.74) is 9.79. The van der Waals surface area contributed by atoms with Crippen LogP contribution in [0, 0.1) is 0 Å². The van der Waals surface area contributed by atoms with Crippen molar-refractivity contribution in [2.45, 2.75) is 0 Å². The van der Waals surface area contributed by atoms with Crippen molar-refractivity contribution in [2.24, 2.45) is 0 Å². The summed E-state index contributed by atoms with van der Waals surface area (Å²) in [6.07, 6.45) is 0. The van der Waals surface area contributed by atoms with Crippen LogP contribution >= 0.6 is 0 Å². The third-order valence-electron chi connectivity index (χ3n) is 10.0. The van der Waals surface area contributed by atoms with Gasteiger partial charge in [-0.1, -0.05) is 140 Å². The van der Waals surface area contributed by atoms with E-state index in [9.17, 15) is 0 Å². The van der Waals surface area contributed by atoms with Gasteiger partial charge < -0.3 is 9.32 Å². The Morgan fingerprint density at radius 2 is 0.940 bits per heavy atom. The molecule has 0 aliphatic heterocycles. The molecule has 0 fully saturated rings. The number of anilines is 3. The average molecular weight is 638 g/mol. The van der Waals surface area contributed by atoms with E-state index in [1.54, 1.807) is 0 Å². The number of fused-ring (bicyclic) bond motifs is 6. The number of hydrogen-bond donors (Lipinski definition) is 0. The predicted molar refractivity (Wildman–Crippen MR) is 212 cm³/mol. The van der Waals surface area contributed by atoms with Crippen LogP contribution in [0.2, 0.25) is 0 Å². The van der Waals surface area contributed by atoms with Crippen molar-refractivity contribution in [1.29, 1.82) is 0 Å². The molecule has 2 heteroatoms. The van der Waals surface area contributed by atoms with Gasteiger partial charge in [-0.25, -0.2) is 0 Å². The monoisotopic (exact) mass is 637 g/mol. The van der Waals surface area contributed by atoms with E-state index in [2.05, 4.69) is 193 Å². The van der Waals surface area contributed by atoms with Gasteiger partial charge in [0.25, 0.3) is 0 Å². The van der Waals surface area contributed by atoms with Gasteiger partial charge in [-0.2, -0.15) is 0 Å². The van der Waals surface area contributed by atoms with Crippen LogP contribution in [0.1, 0.15) is 0 Å². The van der Waals surface area contributed by atoms with Gasteiger partial charge in [0.1, 0.15) is 11.2 Å². The largest absolute Gasteiger partial charge is 0.456 e. The lowest BCUT2D eigenvalue weighted by Gasteiger charge is -2.28. The van der Waals surface area contributed by atoms with Gasteiger partial charge in [0.2, 0.25) is 0 Å². The summed E-state index contributed by atoms with van der Waals surface area (Å²) in [7, 11) is 0. The van der Waals surface area contributed by atoms with Gasteiger partial charge in [0, 0.05) is 27.7 Å². The highest BCUT2D eigenvalue weighted by Crippen LogP contribution is 2.46. The summed E-state index contributed by atoms with van der Waals surface area (Å²) in [6.45, 7) is 0. The Balaban J connectivity index is 1.19. The number of furan rings is 1. The fourth-order valence-electron chi connectivity index (χ4n) is 7.64. The first-order chi connectivity index (χ1) is 24.8. The van der Waals surface area contributed by atoms with E-state index in [0.717, 1.165) is 50.1 Å². The molecule has 0 N–H and O–H groups in total. The van der Waals surface area contributed by atoms with Crippen LogP contribution in [0.3, 0.4) is 0 Å². The lowest BCUT2D eigenvalue weighted by Crippen LogP contribution is -2.11. The van der Waals surface area contributed by atoms with E-state index in [-0.39, 0.29) is 0 Å². The molecule has 2 nitrogen and oxygen atoms in total. The van der Waals surface area contributed by atoms with E-state index in [1.165, 1.54) is 43.4 Å². The lowest BCUT2D eigenvalue weighted by atomic mass is 9.95. The number of hydrogen-bond acceptors (Lipinski definition) is 2. The molecule has 0 bridgehead atoms. The maximum absolute atomic E-state index is 6.51. The van der Waals surface area contributed by atoms with Crippen molar-refractivity contribution in [3.05, 3.63) is 188 Å². The van der Waals surface area contributed by atoms with Crippen LogP contribution in [0.25, 0.3) is 76.5 Å². The van der Waals surface area contributed by atoms with Crippen molar-refractivity contribution < 1.29 is 4.42 Å². The molecule has 1 aromatic heterocycles. The van der Waals surface area contributed by atoms with Crippen LogP contribution in [0.15, 0.2) is 192 Å². The Bertz CT molecular complexity index is 2870. The van der Waals surface area contributed by atoms with Crippen LogP contribution in [-0.2, 0) is 0 Å². The number of para-hydroxylation sites is 1. The predicted octanol–water partition coefficient (Wildman–Crippen LogP) is 13.8. The minimum absolute atomic E-state index is 0.888. The minimum atomic E-state index is 0.888.